The molecule has 0 amide bonds. The summed E-state index contributed by atoms with van der Waals surface area (Å²) in [6.45, 7) is 4.78. The Balaban J connectivity index is 1.09. The van der Waals surface area contributed by atoms with Crippen LogP contribution in [0.1, 0.15) is 31.2 Å². The molecule has 0 aliphatic carbocycles. The minimum absolute atomic E-state index is 0.306. The van der Waals surface area contributed by atoms with Gasteiger partial charge in [0.15, 0.2) is 11.6 Å². The van der Waals surface area contributed by atoms with E-state index in [0.29, 0.717) is 24.4 Å². The number of hydrogen-bond acceptors (Lipinski definition) is 4. The van der Waals surface area contributed by atoms with Gasteiger partial charge in [0.05, 0.1) is 18.0 Å². The molecule has 1 saturated heterocycles. The second-order valence-electron chi connectivity index (χ2n) is 8.88. The summed E-state index contributed by atoms with van der Waals surface area (Å²) < 4.78 is 31.9. The third-order valence-corrected chi connectivity index (χ3v) is 7.03. The quantitative estimate of drug-likeness (QED) is 0.650. The third-order valence-electron chi connectivity index (χ3n) is 6.81. The molecule has 0 bridgehead atoms. The maximum Gasteiger partial charge on any atom is 0.162 e. The van der Waals surface area contributed by atoms with E-state index in [1.54, 1.807) is 0 Å². The van der Waals surface area contributed by atoms with Gasteiger partial charge in [0.2, 0.25) is 0 Å². The molecule has 2 aromatic rings. The topological polar surface area (TPSA) is 27.7 Å². The van der Waals surface area contributed by atoms with Crippen molar-refractivity contribution in [1.82, 2.24) is 4.90 Å². The van der Waals surface area contributed by atoms with Crippen LogP contribution in [0, 0.1) is 17.6 Å². The average Bonchev–Trinajstić information content (AvgIpc) is 3.10. The third kappa shape index (κ3) is 4.46. The van der Waals surface area contributed by atoms with Crippen molar-refractivity contribution >= 4 is 23.0 Å². The van der Waals surface area contributed by atoms with E-state index in [1.165, 1.54) is 29.4 Å². The zero-order chi connectivity index (χ0) is 21.4. The van der Waals surface area contributed by atoms with Crippen LogP contribution in [-0.2, 0) is 6.42 Å². The Labute approximate surface area is 187 Å². The molecule has 31 heavy (non-hydrogen) atoms. The Hall–Kier alpha value is -2.05. The van der Waals surface area contributed by atoms with Crippen molar-refractivity contribution < 1.29 is 13.5 Å². The summed E-state index contributed by atoms with van der Waals surface area (Å²) in [5.41, 5.74) is 3.89. The highest BCUT2D eigenvalue weighted by Crippen LogP contribution is 2.43. The number of nitrogens with zero attached hydrogens (tertiary/aromatic N) is 2. The van der Waals surface area contributed by atoms with E-state index in [4.69, 9.17) is 16.3 Å². The van der Waals surface area contributed by atoms with Crippen molar-refractivity contribution in [3.8, 4) is 5.75 Å². The Bertz CT molecular complexity index is 949. The van der Waals surface area contributed by atoms with E-state index < -0.39 is 11.6 Å². The van der Waals surface area contributed by atoms with Crippen LogP contribution in [0.2, 0.25) is 5.02 Å². The number of aryl methyl sites for hydroxylation is 1. The van der Waals surface area contributed by atoms with E-state index in [0.717, 1.165) is 69.0 Å². The average molecular weight is 448 g/mol. The molecule has 0 saturated carbocycles. The first-order valence-electron chi connectivity index (χ1n) is 11.2. The summed E-state index contributed by atoms with van der Waals surface area (Å²) in [7, 11) is 0. The highest BCUT2D eigenvalue weighted by Gasteiger charge is 2.34. The Kier molecular flexibility index (Phi) is 5.93. The Morgan fingerprint density at radius 2 is 1.90 bits per heavy atom. The van der Waals surface area contributed by atoms with Crippen LogP contribution < -0.4 is 15.0 Å². The van der Waals surface area contributed by atoms with Crippen molar-refractivity contribution in [2.45, 2.75) is 38.3 Å². The van der Waals surface area contributed by atoms with Gasteiger partial charge in [-0.05, 0) is 80.9 Å². The second kappa shape index (κ2) is 8.83. The molecule has 1 unspecified atom stereocenters. The molecule has 3 aliphatic rings. The van der Waals surface area contributed by atoms with Crippen LogP contribution >= 0.6 is 11.6 Å². The fourth-order valence-corrected chi connectivity index (χ4v) is 5.41. The van der Waals surface area contributed by atoms with E-state index in [1.807, 2.05) is 0 Å². The number of nitrogens with one attached hydrogen (secondary N) is 1. The summed E-state index contributed by atoms with van der Waals surface area (Å²) in [5.74, 6) is -0.708. The lowest BCUT2D eigenvalue weighted by molar-refractivity contribution is 0.158. The number of halogens is 3. The van der Waals surface area contributed by atoms with Crippen molar-refractivity contribution in [3.05, 3.63) is 52.6 Å². The van der Waals surface area contributed by atoms with Gasteiger partial charge in [-0.2, -0.15) is 0 Å². The van der Waals surface area contributed by atoms with Gasteiger partial charge in [-0.3, -0.25) is 4.90 Å². The number of piperidine rings is 1. The van der Waals surface area contributed by atoms with Gasteiger partial charge >= 0.3 is 0 Å². The maximum absolute atomic E-state index is 13.3. The van der Waals surface area contributed by atoms with E-state index >= 15 is 0 Å². The van der Waals surface area contributed by atoms with Crippen molar-refractivity contribution in [2.75, 3.05) is 43.0 Å². The molecule has 3 heterocycles. The number of rotatable bonds is 6. The lowest BCUT2D eigenvalue weighted by Crippen LogP contribution is -2.48. The number of ether oxygens (including phenoxy) is 1. The molecule has 2 aromatic carbocycles. The highest BCUT2D eigenvalue weighted by molar-refractivity contribution is 6.31. The zero-order valence-electron chi connectivity index (χ0n) is 17.5. The van der Waals surface area contributed by atoms with Crippen molar-refractivity contribution in [2.24, 2.45) is 5.92 Å². The Morgan fingerprint density at radius 1 is 1.06 bits per heavy atom. The van der Waals surface area contributed by atoms with Gasteiger partial charge < -0.3 is 15.0 Å². The molecule has 1 N–H and O–H groups in total. The normalized spacial score (nSPS) is 21.1. The summed E-state index contributed by atoms with van der Waals surface area (Å²) in [6.07, 6.45) is 5.79. The van der Waals surface area contributed by atoms with Crippen LogP contribution in [0.15, 0.2) is 30.3 Å². The van der Waals surface area contributed by atoms with Crippen LogP contribution in [0.25, 0.3) is 0 Å². The van der Waals surface area contributed by atoms with Crippen molar-refractivity contribution in [3.63, 3.8) is 0 Å². The molecule has 4 nitrogen and oxygen atoms in total. The monoisotopic (exact) mass is 447 g/mol. The van der Waals surface area contributed by atoms with Gasteiger partial charge in [0, 0.05) is 24.2 Å². The molecular formula is C24H28ClF2N3O. The molecule has 0 aromatic heterocycles. The number of likely N-dealkylation sites (tertiary alicyclic amines) is 1. The predicted octanol–water partition coefficient (Wildman–Crippen LogP) is 5.30. The van der Waals surface area contributed by atoms with Crippen molar-refractivity contribution in [1.29, 1.82) is 0 Å². The largest absolute Gasteiger partial charge is 0.493 e. The lowest BCUT2D eigenvalue weighted by Gasteiger charge is -2.37. The zero-order valence-corrected chi connectivity index (χ0v) is 18.3. The molecule has 3 aliphatic heterocycles. The number of hydrogen-bond donors (Lipinski definition) is 1. The molecule has 1 fully saturated rings. The highest BCUT2D eigenvalue weighted by atomic mass is 35.5. The molecule has 0 radical (unpaired) electrons. The SMILES string of the molecule is Fc1ccc(OCCC2CCN(CC3Nc4cc(Cl)cc5c4N3CCC5)CC2)cc1F. The molecule has 5 rings (SSSR count). The first kappa shape index (κ1) is 20.8. The van der Waals surface area contributed by atoms with E-state index in [-0.39, 0.29) is 0 Å². The minimum Gasteiger partial charge on any atom is -0.493 e. The van der Waals surface area contributed by atoms with Crippen LogP contribution in [-0.4, -0.2) is 43.9 Å². The van der Waals surface area contributed by atoms with Crippen LogP contribution in [0.4, 0.5) is 20.2 Å². The second-order valence-corrected chi connectivity index (χ2v) is 9.31. The van der Waals surface area contributed by atoms with Gasteiger partial charge in [-0.1, -0.05) is 11.6 Å². The summed E-state index contributed by atoms with van der Waals surface area (Å²) >= 11 is 6.32. The fraction of sp³-hybridized carbons (Fsp3) is 0.500. The van der Waals surface area contributed by atoms with Gasteiger partial charge in [-0.15, -0.1) is 0 Å². The minimum atomic E-state index is -0.864. The molecule has 7 heteroatoms. The van der Waals surface area contributed by atoms with Gasteiger partial charge in [-0.25, -0.2) is 8.78 Å². The summed E-state index contributed by atoms with van der Waals surface area (Å²) in [5, 5.41) is 4.51. The number of benzene rings is 2. The lowest BCUT2D eigenvalue weighted by atomic mass is 9.94. The predicted molar refractivity (Wildman–Crippen MR) is 120 cm³/mol. The fourth-order valence-electron chi connectivity index (χ4n) is 5.17. The van der Waals surface area contributed by atoms with Gasteiger partial charge in [0.25, 0.3) is 0 Å². The van der Waals surface area contributed by atoms with E-state index in [9.17, 15) is 8.78 Å². The van der Waals surface area contributed by atoms with Crippen LogP contribution in [0.5, 0.6) is 5.75 Å². The van der Waals surface area contributed by atoms with Gasteiger partial charge in [0.1, 0.15) is 11.9 Å². The first-order chi connectivity index (χ1) is 15.1. The number of anilines is 2. The smallest absolute Gasteiger partial charge is 0.162 e. The molecular weight excluding hydrogens is 420 g/mol. The maximum atomic E-state index is 13.3. The van der Waals surface area contributed by atoms with E-state index in [2.05, 4.69) is 27.2 Å². The first-order valence-corrected chi connectivity index (χ1v) is 11.6. The Morgan fingerprint density at radius 3 is 2.71 bits per heavy atom. The molecule has 166 valence electrons. The molecule has 0 spiro atoms. The standard InChI is InChI=1S/C24H28ClF2N3O/c25-18-12-17-2-1-8-30-23(28-22(13-18)24(17)30)15-29-9-5-16(6-10-29)7-11-31-19-3-4-20(26)21(27)14-19/h3-4,12-14,16,23,28H,1-2,5-11,15H2. The summed E-state index contributed by atoms with van der Waals surface area (Å²) in [4.78, 5) is 5.07. The molecule has 1 atom stereocenters. The summed E-state index contributed by atoms with van der Waals surface area (Å²) in [6, 6.07) is 7.87. The van der Waals surface area contributed by atoms with Crippen LogP contribution in [0.3, 0.4) is 0 Å².